The molecular formula is C15H21N3O. The summed E-state index contributed by atoms with van der Waals surface area (Å²) in [5, 5.41) is 4.66. The standard InChI is InChI=1S/C15H21N3O/c1-11-15(13-5-3-4-6-14(13)17-11)18(2)10-12-9-16-7-8-19-12/h3-6,12,16-17H,7-10H2,1-2H3. The second-order valence-corrected chi connectivity index (χ2v) is 5.22. The summed E-state index contributed by atoms with van der Waals surface area (Å²) in [4.78, 5) is 5.74. The SMILES string of the molecule is Cc1[nH]c2ccccc2c1N(C)CC1CNCCO1. The number of rotatable bonds is 3. The zero-order valence-electron chi connectivity index (χ0n) is 11.6. The molecule has 1 saturated heterocycles. The zero-order chi connectivity index (χ0) is 13.2. The van der Waals surface area contributed by atoms with Crippen LogP contribution in [0, 0.1) is 6.92 Å². The molecule has 1 fully saturated rings. The van der Waals surface area contributed by atoms with Crippen molar-refractivity contribution in [3.63, 3.8) is 0 Å². The summed E-state index contributed by atoms with van der Waals surface area (Å²) < 4.78 is 5.78. The van der Waals surface area contributed by atoms with Crippen LogP contribution in [0.5, 0.6) is 0 Å². The van der Waals surface area contributed by atoms with Gasteiger partial charge < -0.3 is 19.9 Å². The molecule has 4 heteroatoms. The van der Waals surface area contributed by atoms with Crippen LogP contribution in [0.3, 0.4) is 0 Å². The minimum Gasteiger partial charge on any atom is -0.374 e. The Morgan fingerprint density at radius 3 is 3.00 bits per heavy atom. The van der Waals surface area contributed by atoms with Gasteiger partial charge in [0.2, 0.25) is 0 Å². The smallest absolute Gasteiger partial charge is 0.0874 e. The number of aromatic nitrogens is 1. The normalized spacial score (nSPS) is 19.8. The van der Waals surface area contributed by atoms with E-state index in [1.807, 2.05) is 0 Å². The molecule has 2 N–H and O–H groups in total. The molecular weight excluding hydrogens is 238 g/mol. The summed E-state index contributed by atoms with van der Waals surface area (Å²) in [5.74, 6) is 0. The summed E-state index contributed by atoms with van der Waals surface area (Å²) in [6, 6.07) is 8.45. The van der Waals surface area contributed by atoms with Gasteiger partial charge in [0.25, 0.3) is 0 Å². The third-order valence-corrected chi connectivity index (χ3v) is 3.72. The number of likely N-dealkylation sites (N-methyl/N-ethyl adjacent to an activating group) is 1. The molecule has 0 aliphatic carbocycles. The van der Waals surface area contributed by atoms with E-state index < -0.39 is 0 Å². The summed E-state index contributed by atoms with van der Waals surface area (Å²) in [6.07, 6.45) is 0.270. The number of hydrogen-bond donors (Lipinski definition) is 2. The van der Waals surface area contributed by atoms with Gasteiger partial charge in [-0.2, -0.15) is 0 Å². The largest absolute Gasteiger partial charge is 0.374 e. The van der Waals surface area contributed by atoms with Crippen molar-refractivity contribution >= 4 is 16.6 Å². The van der Waals surface area contributed by atoms with Gasteiger partial charge in [0.05, 0.1) is 18.4 Å². The highest BCUT2D eigenvalue weighted by Gasteiger charge is 2.18. The van der Waals surface area contributed by atoms with Crippen LogP contribution in [-0.2, 0) is 4.74 Å². The summed E-state index contributed by atoms with van der Waals surface area (Å²) in [6.45, 7) is 5.75. The number of aryl methyl sites for hydroxylation is 1. The number of ether oxygens (including phenoxy) is 1. The van der Waals surface area contributed by atoms with Crippen molar-refractivity contribution in [3.8, 4) is 0 Å². The second-order valence-electron chi connectivity index (χ2n) is 5.22. The fourth-order valence-electron chi connectivity index (χ4n) is 2.89. The molecule has 0 bridgehead atoms. The van der Waals surface area contributed by atoms with E-state index in [-0.39, 0.29) is 6.10 Å². The lowest BCUT2D eigenvalue weighted by molar-refractivity contribution is 0.0340. The second kappa shape index (κ2) is 5.23. The van der Waals surface area contributed by atoms with E-state index in [0.717, 1.165) is 26.2 Å². The average molecular weight is 259 g/mol. The van der Waals surface area contributed by atoms with Crippen molar-refractivity contribution in [2.45, 2.75) is 13.0 Å². The molecule has 2 aromatic rings. The van der Waals surface area contributed by atoms with Crippen molar-refractivity contribution in [2.75, 3.05) is 38.2 Å². The molecule has 4 nitrogen and oxygen atoms in total. The molecule has 1 aliphatic heterocycles. The number of anilines is 1. The number of fused-ring (bicyclic) bond motifs is 1. The molecule has 0 radical (unpaired) electrons. The van der Waals surface area contributed by atoms with Gasteiger partial charge in [-0.05, 0) is 13.0 Å². The first kappa shape index (κ1) is 12.5. The Morgan fingerprint density at radius 1 is 1.37 bits per heavy atom. The predicted molar refractivity (Wildman–Crippen MR) is 78.9 cm³/mol. The topological polar surface area (TPSA) is 40.3 Å². The lowest BCUT2D eigenvalue weighted by Crippen LogP contribution is -2.44. The Labute approximate surface area is 113 Å². The number of benzene rings is 1. The Morgan fingerprint density at radius 2 is 2.21 bits per heavy atom. The summed E-state index contributed by atoms with van der Waals surface area (Å²) in [7, 11) is 2.14. The van der Waals surface area contributed by atoms with Gasteiger partial charge in [-0.25, -0.2) is 0 Å². The lowest BCUT2D eigenvalue weighted by atomic mass is 10.2. The molecule has 19 heavy (non-hydrogen) atoms. The molecule has 0 saturated carbocycles. The first-order valence-corrected chi connectivity index (χ1v) is 6.86. The molecule has 1 atom stereocenters. The maximum absolute atomic E-state index is 5.78. The molecule has 102 valence electrons. The fourth-order valence-corrected chi connectivity index (χ4v) is 2.89. The van der Waals surface area contributed by atoms with E-state index in [1.165, 1.54) is 22.3 Å². The number of aromatic amines is 1. The number of nitrogens with one attached hydrogen (secondary N) is 2. The first-order valence-electron chi connectivity index (χ1n) is 6.86. The van der Waals surface area contributed by atoms with Gasteiger partial charge >= 0.3 is 0 Å². The van der Waals surface area contributed by atoms with Gasteiger partial charge in [-0.15, -0.1) is 0 Å². The zero-order valence-corrected chi connectivity index (χ0v) is 11.6. The molecule has 1 aromatic heterocycles. The lowest BCUT2D eigenvalue weighted by Gasteiger charge is -2.29. The number of H-pyrrole nitrogens is 1. The third kappa shape index (κ3) is 2.46. The van der Waals surface area contributed by atoms with Crippen molar-refractivity contribution in [2.24, 2.45) is 0 Å². The van der Waals surface area contributed by atoms with Crippen molar-refractivity contribution in [3.05, 3.63) is 30.0 Å². The van der Waals surface area contributed by atoms with Crippen molar-refractivity contribution in [1.82, 2.24) is 10.3 Å². The Bertz CT molecular complexity index is 558. The molecule has 3 rings (SSSR count). The van der Waals surface area contributed by atoms with Crippen LogP contribution in [-0.4, -0.2) is 44.4 Å². The van der Waals surface area contributed by atoms with Crippen LogP contribution >= 0.6 is 0 Å². The van der Waals surface area contributed by atoms with E-state index in [2.05, 4.69) is 53.4 Å². The minimum atomic E-state index is 0.270. The van der Waals surface area contributed by atoms with Crippen molar-refractivity contribution < 1.29 is 4.74 Å². The number of nitrogens with zero attached hydrogens (tertiary/aromatic N) is 1. The monoisotopic (exact) mass is 259 g/mol. The highest BCUT2D eigenvalue weighted by Crippen LogP contribution is 2.29. The van der Waals surface area contributed by atoms with Gasteiger partial charge in [0.1, 0.15) is 0 Å². The van der Waals surface area contributed by atoms with E-state index in [9.17, 15) is 0 Å². The van der Waals surface area contributed by atoms with E-state index in [0.29, 0.717) is 0 Å². The van der Waals surface area contributed by atoms with E-state index in [4.69, 9.17) is 4.74 Å². The number of morpholine rings is 1. The molecule has 1 unspecified atom stereocenters. The first-order chi connectivity index (χ1) is 9.25. The van der Waals surface area contributed by atoms with Crippen LogP contribution < -0.4 is 10.2 Å². The average Bonchev–Trinajstić information content (AvgIpc) is 2.75. The number of para-hydroxylation sites is 1. The fraction of sp³-hybridized carbons (Fsp3) is 0.467. The van der Waals surface area contributed by atoms with Gasteiger partial charge in [0.15, 0.2) is 0 Å². The van der Waals surface area contributed by atoms with Crippen molar-refractivity contribution in [1.29, 1.82) is 0 Å². The van der Waals surface area contributed by atoms with Gasteiger partial charge in [-0.1, -0.05) is 18.2 Å². The van der Waals surface area contributed by atoms with Crippen LogP contribution in [0.15, 0.2) is 24.3 Å². The minimum absolute atomic E-state index is 0.270. The quantitative estimate of drug-likeness (QED) is 0.884. The van der Waals surface area contributed by atoms with Crippen LogP contribution in [0.25, 0.3) is 10.9 Å². The molecule has 1 aliphatic rings. The Balaban J connectivity index is 1.84. The maximum atomic E-state index is 5.78. The molecule has 2 heterocycles. The highest BCUT2D eigenvalue weighted by atomic mass is 16.5. The predicted octanol–water partition coefficient (Wildman–Crippen LogP) is 1.90. The van der Waals surface area contributed by atoms with E-state index in [1.54, 1.807) is 0 Å². The summed E-state index contributed by atoms with van der Waals surface area (Å²) in [5.41, 5.74) is 3.70. The maximum Gasteiger partial charge on any atom is 0.0874 e. The highest BCUT2D eigenvalue weighted by molar-refractivity contribution is 5.94. The summed E-state index contributed by atoms with van der Waals surface area (Å²) >= 11 is 0. The Kier molecular flexibility index (Phi) is 3.44. The third-order valence-electron chi connectivity index (χ3n) is 3.72. The van der Waals surface area contributed by atoms with Crippen LogP contribution in [0.4, 0.5) is 5.69 Å². The van der Waals surface area contributed by atoms with E-state index >= 15 is 0 Å². The van der Waals surface area contributed by atoms with Gasteiger partial charge in [0, 0.05) is 43.3 Å². The molecule has 0 spiro atoms. The van der Waals surface area contributed by atoms with Gasteiger partial charge in [-0.3, -0.25) is 0 Å². The van der Waals surface area contributed by atoms with Crippen LogP contribution in [0.1, 0.15) is 5.69 Å². The molecule has 0 amide bonds. The Hall–Kier alpha value is -1.52. The number of hydrogen-bond acceptors (Lipinski definition) is 3. The molecule has 1 aromatic carbocycles. The van der Waals surface area contributed by atoms with Crippen LogP contribution in [0.2, 0.25) is 0 Å².